The number of nitrogens with zero attached hydrogens (tertiary/aromatic N) is 3. The van der Waals surface area contributed by atoms with Crippen LogP contribution in [0.1, 0.15) is 15.9 Å². The molecule has 2 saturated heterocycles. The molecule has 1 N–H and O–H groups in total. The van der Waals surface area contributed by atoms with Gasteiger partial charge in [-0.05, 0) is 36.8 Å². The number of anilines is 2. The largest absolute Gasteiger partial charge is 0.366 e. The van der Waals surface area contributed by atoms with Gasteiger partial charge >= 0.3 is 0 Å². The van der Waals surface area contributed by atoms with Crippen molar-refractivity contribution in [2.24, 2.45) is 4.99 Å². The molecule has 0 unspecified atom stereocenters. The minimum atomic E-state index is -2.99. The molecule has 0 bridgehead atoms. The number of piperazine rings is 1. The number of amides is 1. The summed E-state index contributed by atoms with van der Waals surface area (Å²) in [5.74, 6) is -0.0456. The van der Waals surface area contributed by atoms with Crippen molar-refractivity contribution < 1.29 is 17.6 Å². The molecular formula is C23H25FN4O3S2. The van der Waals surface area contributed by atoms with Crippen LogP contribution < -0.4 is 10.2 Å². The van der Waals surface area contributed by atoms with Gasteiger partial charge in [0.15, 0.2) is 15.0 Å². The Kier molecular flexibility index (Phi) is 5.82. The first-order chi connectivity index (χ1) is 15.8. The van der Waals surface area contributed by atoms with Crippen LogP contribution in [-0.2, 0) is 9.84 Å². The molecule has 3 aliphatic rings. The maximum atomic E-state index is 14.1. The molecule has 0 aromatic heterocycles. The first-order valence-electron chi connectivity index (χ1n) is 10.9. The van der Waals surface area contributed by atoms with Gasteiger partial charge in [0.1, 0.15) is 5.82 Å². The van der Waals surface area contributed by atoms with Crippen LogP contribution in [0.15, 0.2) is 47.5 Å². The molecule has 1 amide bonds. The molecule has 10 heteroatoms. The average Bonchev–Trinajstić information content (AvgIpc) is 3.28. The van der Waals surface area contributed by atoms with Gasteiger partial charge in [0.05, 0.1) is 23.2 Å². The number of carbonyl (C=O) groups is 1. The number of hydrogen-bond acceptors (Lipinski definition) is 7. The minimum absolute atomic E-state index is 0.0339. The highest BCUT2D eigenvalue weighted by Crippen LogP contribution is 2.35. The van der Waals surface area contributed by atoms with Gasteiger partial charge in [-0.2, -0.15) is 0 Å². The first-order valence-corrected chi connectivity index (χ1v) is 13.6. The van der Waals surface area contributed by atoms with Gasteiger partial charge in [0.2, 0.25) is 0 Å². The van der Waals surface area contributed by atoms with E-state index in [4.69, 9.17) is 0 Å². The number of aryl methyl sites for hydroxylation is 1. The van der Waals surface area contributed by atoms with Gasteiger partial charge in [-0.15, -0.1) is 0 Å². The summed E-state index contributed by atoms with van der Waals surface area (Å²) in [6.45, 7) is 4.13. The molecule has 5 rings (SSSR count). The highest BCUT2D eigenvalue weighted by molar-refractivity contribution is 8.15. The molecule has 0 radical (unpaired) electrons. The van der Waals surface area contributed by atoms with Crippen LogP contribution in [0, 0.1) is 12.7 Å². The number of carbonyl (C=O) groups excluding carboxylic acids is 1. The molecule has 7 nitrogen and oxygen atoms in total. The van der Waals surface area contributed by atoms with E-state index < -0.39 is 9.84 Å². The maximum absolute atomic E-state index is 14.1. The predicted molar refractivity (Wildman–Crippen MR) is 131 cm³/mol. The van der Waals surface area contributed by atoms with Crippen molar-refractivity contribution in [3.63, 3.8) is 0 Å². The lowest BCUT2D eigenvalue weighted by Crippen LogP contribution is -2.49. The Morgan fingerprint density at radius 1 is 1.12 bits per heavy atom. The molecule has 0 spiro atoms. The summed E-state index contributed by atoms with van der Waals surface area (Å²) in [7, 11) is -2.99. The molecule has 174 valence electrons. The second-order valence-corrected chi connectivity index (χ2v) is 12.0. The van der Waals surface area contributed by atoms with E-state index in [1.54, 1.807) is 17.0 Å². The quantitative estimate of drug-likeness (QED) is 0.716. The summed E-state index contributed by atoms with van der Waals surface area (Å²) in [4.78, 5) is 21.5. The molecule has 2 aromatic carbocycles. The zero-order chi connectivity index (χ0) is 23.2. The number of thioether (sulfide) groups is 1. The third kappa shape index (κ3) is 4.59. The smallest absolute Gasteiger partial charge is 0.254 e. The van der Waals surface area contributed by atoms with Crippen LogP contribution in [0.4, 0.5) is 15.8 Å². The molecule has 2 aromatic rings. The monoisotopic (exact) mass is 488 g/mol. The van der Waals surface area contributed by atoms with E-state index in [0.29, 0.717) is 42.6 Å². The number of benzene rings is 2. The van der Waals surface area contributed by atoms with Gasteiger partial charge in [-0.1, -0.05) is 30.0 Å². The molecule has 33 heavy (non-hydrogen) atoms. The topological polar surface area (TPSA) is 82.1 Å². The number of halogens is 1. The number of sulfone groups is 1. The zero-order valence-electron chi connectivity index (χ0n) is 18.2. The van der Waals surface area contributed by atoms with E-state index in [-0.39, 0.29) is 34.5 Å². The fourth-order valence-corrected chi connectivity index (χ4v) is 8.13. The SMILES string of the molecule is Cc1ccc(C(=O)N2CCN(c3ccccc3F)CC2)cc1NC1=N[C@@H]2CS(=O)(=O)C[C@@H]2S1. The fourth-order valence-electron chi connectivity index (χ4n) is 4.46. The van der Waals surface area contributed by atoms with Crippen molar-refractivity contribution in [3.05, 3.63) is 59.4 Å². The van der Waals surface area contributed by atoms with Crippen molar-refractivity contribution in [3.8, 4) is 0 Å². The number of fused-ring (bicyclic) bond motifs is 1. The Bertz CT molecular complexity index is 1230. The lowest BCUT2D eigenvalue weighted by molar-refractivity contribution is 0.0746. The van der Waals surface area contributed by atoms with Crippen molar-refractivity contribution in [1.29, 1.82) is 0 Å². The zero-order valence-corrected chi connectivity index (χ0v) is 19.8. The molecule has 2 fully saturated rings. The molecule has 2 atom stereocenters. The Hall–Kier alpha value is -2.59. The number of nitrogens with one attached hydrogen (secondary N) is 1. The third-order valence-electron chi connectivity index (χ3n) is 6.30. The lowest BCUT2D eigenvalue weighted by Gasteiger charge is -2.36. The van der Waals surface area contributed by atoms with Crippen molar-refractivity contribution in [2.75, 3.05) is 47.9 Å². The Labute approximate surface area is 197 Å². The summed E-state index contributed by atoms with van der Waals surface area (Å²) in [6, 6.07) is 12.0. The summed E-state index contributed by atoms with van der Waals surface area (Å²) in [6.07, 6.45) is 0. The van der Waals surface area contributed by atoms with Gasteiger partial charge < -0.3 is 15.1 Å². The summed E-state index contributed by atoms with van der Waals surface area (Å²) >= 11 is 1.46. The molecule has 0 saturated carbocycles. The lowest BCUT2D eigenvalue weighted by atomic mass is 10.1. The normalized spacial score (nSPS) is 23.9. The molecule has 3 aliphatic heterocycles. The molecule has 0 aliphatic carbocycles. The van der Waals surface area contributed by atoms with Gasteiger partial charge in [-0.25, -0.2) is 12.8 Å². The molecular weight excluding hydrogens is 463 g/mol. The highest BCUT2D eigenvalue weighted by Gasteiger charge is 2.42. The summed E-state index contributed by atoms with van der Waals surface area (Å²) in [5, 5.41) is 3.96. The average molecular weight is 489 g/mol. The van der Waals surface area contributed by atoms with E-state index in [2.05, 4.69) is 10.3 Å². The Morgan fingerprint density at radius 2 is 1.88 bits per heavy atom. The van der Waals surface area contributed by atoms with Crippen molar-refractivity contribution >= 4 is 44.0 Å². The Morgan fingerprint density at radius 3 is 2.61 bits per heavy atom. The predicted octanol–water partition coefficient (Wildman–Crippen LogP) is 2.78. The van der Waals surface area contributed by atoms with Crippen LogP contribution in [-0.4, -0.2) is 73.4 Å². The van der Waals surface area contributed by atoms with Crippen LogP contribution in [0.3, 0.4) is 0 Å². The number of hydrogen-bond donors (Lipinski definition) is 1. The Balaban J connectivity index is 1.25. The minimum Gasteiger partial charge on any atom is -0.366 e. The van der Waals surface area contributed by atoms with Crippen LogP contribution in [0.5, 0.6) is 0 Å². The van der Waals surface area contributed by atoms with E-state index >= 15 is 0 Å². The number of aliphatic imine (C=N–C) groups is 1. The van der Waals surface area contributed by atoms with Gasteiger partial charge in [0.25, 0.3) is 5.91 Å². The second-order valence-electron chi connectivity index (χ2n) is 8.62. The fraction of sp³-hybridized carbons (Fsp3) is 0.391. The number of para-hydroxylation sites is 1. The van der Waals surface area contributed by atoms with Gasteiger partial charge in [0, 0.05) is 42.7 Å². The summed E-state index contributed by atoms with van der Waals surface area (Å²) in [5.41, 5.74) is 2.91. The summed E-state index contributed by atoms with van der Waals surface area (Å²) < 4.78 is 37.7. The maximum Gasteiger partial charge on any atom is 0.254 e. The second kappa shape index (κ2) is 8.64. The third-order valence-corrected chi connectivity index (χ3v) is 9.45. The number of rotatable bonds is 3. The first kappa shape index (κ1) is 22.2. The van der Waals surface area contributed by atoms with Crippen LogP contribution in [0.25, 0.3) is 0 Å². The van der Waals surface area contributed by atoms with E-state index in [1.807, 2.05) is 36.1 Å². The van der Waals surface area contributed by atoms with Crippen LogP contribution in [0.2, 0.25) is 0 Å². The van der Waals surface area contributed by atoms with E-state index in [0.717, 1.165) is 11.3 Å². The standard InChI is InChI=1S/C23H25FN4O3S2/c1-15-6-7-16(12-18(15)25-23-26-19-13-33(30,31)14-21(19)32-23)22(29)28-10-8-27(9-11-28)20-5-3-2-4-17(20)24/h2-7,12,19,21H,8-11,13-14H2,1H3,(H,25,26)/t19-,21+/m1/s1. The van der Waals surface area contributed by atoms with Crippen molar-refractivity contribution in [2.45, 2.75) is 18.2 Å². The van der Waals surface area contributed by atoms with Crippen LogP contribution >= 0.6 is 11.8 Å². The number of amidine groups is 1. The van der Waals surface area contributed by atoms with E-state index in [9.17, 15) is 17.6 Å². The molecule has 3 heterocycles. The van der Waals surface area contributed by atoms with Crippen molar-refractivity contribution in [1.82, 2.24) is 4.90 Å². The van der Waals surface area contributed by atoms with E-state index in [1.165, 1.54) is 17.8 Å². The van der Waals surface area contributed by atoms with Gasteiger partial charge in [-0.3, -0.25) is 9.79 Å². The highest BCUT2D eigenvalue weighted by atomic mass is 32.2.